The van der Waals surface area contributed by atoms with Gasteiger partial charge in [0.15, 0.2) is 0 Å². The van der Waals surface area contributed by atoms with Crippen molar-refractivity contribution in [2.45, 2.75) is 25.3 Å². The van der Waals surface area contributed by atoms with Crippen LogP contribution in [0.1, 0.15) is 19.8 Å². The van der Waals surface area contributed by atoms with Crippen LogP contribution in [0.25, 0.3) is 0 Å². The van der Waals surface area contributed by atoms with Gasteiger partial charge in [0.25, 0.3) is 0 Å². The van der Waals surface area contributed by atoms with Crippen molar-refractivity contribution < 1.29 is 13.5 Å². The number of thioether (sulfide) groups is 1. The summed E-state index contributed by atoms with van der Waals surface area (Å²) < 4.78 is 21.6. The quantitative estimate of drug-likeness (QED) is 0.608. The van der Waals surface area contributed by atoms with E-state index in [0.29, 0.717) is 5.75 Å². The summed E-state index contributed by atoms with van der Waals surface area (Å²) in [6.07, 6.45) is 2.91. The number of aliphatic hydroxyl groups is 1. The second-order valence-corrected chi connectivity index (χ2v) is 7.64. The van der Waals surface area contributed by atoms with E-state index in [0.717, 1.165) is 18.6 Å². The molecule has 0 aromatic rings. The van der Waals surface area contributed by atoms with Gasteiger partial charge in [0.2, 0.25) is 0 Å². The topological polar surface area (TPSA) is 80.4 Å². The number of rotatable bonds is 8. The molecule has 0 saturated carbocycles. The average Bonchev–Trinajstić information content (AvgIpc) is 2.09. The molecule has 0 aliphatic heterocycles. The Balaban J connectivity index is 3.41. The summed E-state index contributed by atoms with van der Waals surface area (Å²) in [5.41, 5.74) is 5.24. The first kappa shape index (κ1) is 15.2. The van der Waals surface area contributed by atoms with Gasteiger partial charge in [-0.3, -0.25) is 0 Å². The van der Waals surface area contributed by atoms with Crippen LogP contribution in [0.5, 0.6) is 0 Å². The number of hydrogen-bond acceptors (Lipinski definition) is 5. The molecule has 0 fully saturated rings. The molecule has 0 bridgehead atoms. The predicted molar refractivity (Wildman–Crippen MR) is 65.9 cm³/mol. The molecule has 1 unspecified atom stereocenters. The monoisotopic (exact) mass is 255 g/mol. The molecule has 0 aliphatic carbocycles. The largest absolute Gasteiger partial charge is 0.394 e. The summed E-state index contributed by atoms with van der Waals surface area (Å²) in [6, 6.07) is 0. The van der Waals surface area contributed by atoms with Crippen LogP contribution in [-0.4, -0.2) is 49.2 Å². The molecule has 4 nitrogen and oxygen atoms in total. The molecule has 0 rings (SSSR count). The Kier molecular flexibility index (Phi) is 6.83. The summed E-state index contributed by atoms with van der Waals surface area (Å²) >= 11 is 1.61. The van der Waals surface area contributed by atoms with Gasteiger partial charge in [-0.2, -0.15) is 11.8 Å². The fourth-order valence-electron chi connectivity index (χ4n) is 0.969. The van der Waals surface area contributed by atoms with Crippen LogP contribution in [0.4, 0.5) is 0 Å². The highest BCUT2D eigenvalue weighted by molar-refractivity contribution is 8.00. The summed E-state index contributed by atoms with van der Waals surface area (Å²) in [6.45, 7) is 1.80. The molecular formula is C9H21NO3S2. The lowest BCUT2D eigenvalue weighted by Crippen LogP contribution is -2.40. The zero-order valence-electron chi connectivity index (χ0n) is 9.40. The highest BCUT2D eigenvalue weighted by atomic mass is 32.2. The van der Waals surface area contributed by atoms with Crippen LogP contribution in [0.2, 0.25) is 0 Å². The molecule has 0 radical (unpaired) electrons. The molecule has 0 spiro atoms. The van der Waals surface area contributed by atoms with E-state index in [2.05, 4.69) is 0 Å². The van der Waals surface area contributed by atoms with E-state index in [4.69, 9.17) is 10.8 Å². The molecule has 0 saturated heterocycles. The van der Waals surface area contributed by atoms with Crippen LogP contribution in [0.3, 0.4) is 0 Å². The molecule has 3 N–H and O–H groups in total. The average molecular weight is 255 g/mol. The molecule has 0 aromatic carbocycles. The minimum Gasteiger partial charge on any atom is -0.394 e. The fourth-order valence-corrected chi connectivity index (χ4v) is 3.20. The van der Waals surface area contributed by atoms with Crippen LogP contribution >= 0.6 is 11.8 Å². The van der Waals surface area contributed by atoms with Crippen LogP contribution < -0.4 is 5.73 Å². The number of aliphatic hydroxyl groups excluding tert-OH is 1. The normalized spacial score (nSPS) is 16.3. The van der Waals surface area contributed by atoms with Gasteiger partial charge in [-0.05, 0) is 25.5 Å². The van der Waals surface area contributed by atoms with Gasteiger partial charge in [0.05, 0.1) is 12.4 Å². The molecule has 1 atom stereocenters. The Morgan fingerprint density at radius 1 is 1.40 bits per heavy atom. The van der Waals surface area contributed by atoms with Gasteiger partial charge < -0.3 is 10.8 Å². The van der Waals surface area contributed by atoms with Crippen LogP contribution in [0.15, 0.2) is 0 Å². The number of sulfone groups is 1. The zero-order chi connectivity index (χ0) is 11.9. The molecule has 6 heteroatoms. The second kappa shape index (κ2) is 6.73. The van der Waals surface area contributed by atoms with E-state index < -0.39 is 15.4 Å². The van der Waals surface area contributed by atoms with Crippen molar-refractivity contribution in [3.63, 3.8) is 0 Å². The smallest absolute Gasteiger partial charge is 0.148 e. The third kappa shape index (κ3) is 10.5. The van der Waals surface area contributed by atoms with E-state index in [-0.39, 0.29) is 12.4 Å². The Morgan fingerprint density at radius 3 is 2.47 bits per heavy atom. The lowest BCUT2D eigenvalue weighted by Gasteiger charge is -2.20. The lowest BCUT2D eigenvalue weighted by atomic mass is 9.99. The number of hydrogen-bond donors (Lipinski definition) is 2. The van der Waals surface area contributed by atoms with Gasteiger partial charge in [0.1, 0.15) is 9.84 Å². The maximum atomic E-state index is 10.8. The van der Waals surface area contributed by atoms with Crippen LogP contribution in [-0.2, 0) is 9.84 Å². The Bertz CT molecular complexity index is 263. The van der Waals surface area contributed by atoms with Crippen LogP contribution in [0, 0.1) is 0 Å². The van der Waals surface area contributed by atoms with Gasteiger partial charge >= 0.3 is 0 Å². The third-order valence-corrected chi connectivity index (χ3v) is 4.27. The summed E-state index contributed by atoms with van der Waals surface area (Å²) in [5.74, 6) is 1.76. The summed E-state index contributed by atoms with van der Waals surface area (Å²) in [7, 11) is -2.83. The third-order valence-electron chi connectivity index (χ3n) is 2.00. The Labute approximate surface area is 96.5 Å². The van der Waals surface area contributed by atoms with Gasteiger partial charge in [-0.1, -0.05) is 0 Å². The standard InChI is InChI=1S/C9H21NO3S2/c1-9(10,8-11)4-3-5-14-6-7-15(2,12)13/h11H,3-8,10H2,1-2H3. The van der Waals surface area contributed by atoms with Crippen molar-refractivity contribution in [2.75, 3.05) is 30.1 Å². The van der Waals surface area contributed by atoms with Crippen molar-refractivity contribution in [3.8, 4) is 0 Å². The number of nitrogens with two attached hydrogens (primary N) is 1. The SMILES string of the molecule is CC(N)(CO)CCCSCCS(C)(=O)=O. The van der Waals surface area contributed by atoms with E-state index in [1.165, 1.54) is 6.26 Å². The van der Waals surface area contributed by atoms with Crippen molar-refractivity contribution in [3.05, 3.63) is 0 Å². The fraction of sp³-hybridized carbons (Fsp3) is 1.00. The molecule has 0 heterocycles. The predicted octanol–water partition coefficient (Wildman–Crippen LogP) is 0.254. The van der Waals surface area contributed by atoms with Gasteiger partial charge in [-0.25, -0.2) is 8.42 Å². The van der Waals surface area contributed by atoms with Crippen molar-refractivity contribution >= 4 is 21.6 Å². The Hall–Kier alpha value is 0.220. The summed E-state index contributed by atoms with van der Waals surface area (Å²) in [5, 5.41) is 8.89. The second-order valence-electron chi connectivity index (χ2n) is 4.16. The lowest BCUT2D eigenvalue weighted by molar-refractivity contribution is 0.200. The maximum absolute atomic E-state index is 10.8. The molecular weight excluding hydrogens is 234 g/mol. The minimum absolute atomic E-state index is 0.0129. The molecule has 0 aliphatic rings. The van der Waals surface area contributed by atoms with Crippen molar-refractivity contribution in [2.24, 2.45) is 5.73 Å². The molecule has 15 heavy (non-hydrogen) atoms. The Morgan fingerprint density at radius 2 is 2.00 bits per heavy atom. The van der Waals surface area contributed by atoms with E-state index in [9.17, 15) is 8.42 Å². The molecule has 92 valence electrons. The van der Waals surface area contributed by atoms with Crippen molar-refractivity contribution in [1.82, 2.24) is 0 Å². The van der Waals surface area contributed by atoms with Crippen molar-refractivity contribution in [1.29, 1.82) is 0 Å². The maximum Gasteiger partial charge on any atom is 0.148 e. The molecule has 0 amide bonds. The highest BCUT2D eigenvalue weighted by Gasteiger charge is 2.15. The van der Waals surface area contributed by atoms with E-state index >= 15 is 0 Å². The first-order valence-corrected chi connectivity index (χ1v) is 8.13. The van der Waals surface area contributed by atoms with E-state index in [1.54, 1.807) is 11.8 Å². The first-order valence-electron chi connectivity index (χ1n) is 4.92. The zero-order valence-corrected chi connectivity index (χ0v) is 11.0. The minimum atomic E-state index is -2.83. The van der Waals surface area contributed by atoms with E-state index in [1.807, 2.05) is 6.92 Å². The van der Waals surface area contributed by atoms with Gasteiger partial charge in [-0.15, -0.1) is 0 Å². The summed E-state index contributed by atoms with van der Waals surface area (Å²) in [4.78, 5) is 0. The van der Waals surface area contributed by atoms with Gasteiger partial charge in [0, 0.05) is 17.5 Å². The molecule has 0 aromatic heterocycles. The first-order chi connectivity index (χ1) is 6.77. The highest BCUT2D eigenvalue weighted by Crippen LogP contribution is 2.12.